The van der Waals surface area contributed by atoms with Gasteiger partial charge in [0.05, 0.1) is 0 Å². The molecule has 0 saturated heterocycles. The van der Waals surface area contributed by atoms with Crippen LogP contribution in [0.2, 0.25) is 0 Å². The van der Waals surface area contributed by atoms with E-state index in [4.69, 9.17) is 5.11 Å². The highest BCUT2D eigenvalue weighted by atomic mass is 16.3. The van der Waals surface area contributed by atoms with Crippen molar-refractivity contribution in [3.8, 4) is 0 Å². The zero-order chi connectivity index (χ0) is 7.28. The van der Waals surface area contributed by atoms with Crippen molar-refractivity contribution in [2.24, 2.45) is 10.9 Å². The second kappa shape index (κ2) is 4.50. The highest BCUT2D eigenvalue weighted by molar-refractivity contribution is 5.23. The predicted octanol–water partition coefficient (Wildman–Crippen LogP) is 1.44. The third-order valence-corrected chi connectivity index (χ3v) is 1.21. The number of aliphatic hydroxyl groups is 1. The zero-order valence-corrected chi connectivity index (χ0v) is 6.17. The molecule has 0 aromatic carbocycles. The zero-order valence-electron chi connectivity index (χ0n) is 6.17. The molecule has 0 aliphatic rings. The molecule has 0 aliphatic carbocycles. The Kier molecular flexibility index (Phi) is 4.32. The van der Waals surface area contributed by atoms with E-state index < -0.39 is 6.23 Å². The summed E-state index contributed by atoms with van der Waals surface area (Å²) in [7, 11) is 0. The summed E-state index contributed by atoms with van der Waals surface area (Å²) in [5, 5.41) is 8.88. The van der Waals surface area contributed by atoms with Crippen LogP contribution in [0.5, 0.6) is 0 Å². The number of hydrogen-bond acceptors (Lipinski definition) is 2. The first-order chi connectivity index (χ1) is 4.16. The molecule has 0 heterocycles. The summed E-state index contributed by atoms with van der Waals surface area (Å²) in [4.78, 5) is 3.47. The van der Waals surface area contributed by atoms with Crippen LogP contribution in [0.25, 0.3) is 0 Å². The van der Waals surface area contributed by atoms with Crippen molar-refractivity contribution in [1.29, 1.82) is 0 Å². The molecule has 0 aromatic heterocycles. The number of nitrogens with zero attached hydrogens (tertiary/aromatic N) is 1. The third-order valence-electron chi connectivity index (χ3n) is 1.21. The van der Waals surface area contributed by atoms with Crippen LogP contribution < -0.4 is 0 Å². The SMILES string of the molecule is C=NC(O)CCC(C)C. The van der Waals surface area contributed by atoms with Crippen LogP contribution in [0.4, 0.5) is 0 Å². The maximum absolute atomic E-state index is 8.88. The van der Waals surface area contributed by atoms with Crippen molar-refractivity contribution in [2.45, 2.75) is 32.9 Å². The molecule has 1 N–H and O–H groups in total. The lowest BCUT2D eigenvalue weighted by Gasteiger charge is -2.05. The van der Waals surface area contributed by atoms with Gasteiger partial charge in [0, 0.05) is 0 Å². The molecule has 2 heteroatoms. The summed E-state index contributed by atoms with van der Waals surface area (Å²) in [6, 6.07) is 0. The molecule has 0 fully saturated rings. The minimum absolute atomic E-state index is 0.549. The Morgan fingerprint density at radius 3 is 2.33 bits per heavy atom. The van der Waals surface area contributed by atoms with Crippen molar-refractivity contribution < 1.29 is 5.11 Å². The summed E-state index contributed by atoms with van der Waals surface area (Å²) in [5.41, 5.74) is 0. The van der Waals surface area contributed by atoms with Gasteiger partial charge in [0.25, 0.3) is 0 Å². The Bertz CT molecular complexity index is 81.0. The second-order valence-electron chi connectivity index (χ2n) is 2.63. The van der Waals surface area contributed by atoms with Gasteiger partial charge in [-0.2, -0.15) is 0 Å². The minimum atomic E-state index is -0.549. The number of rotatable bonds is 4. The number of aliphatic hydroxyl groups excluding tert-OH is 1. The Morgan fingerprint density at radius 1 is 1.44 bits per heavy atom. The lowest BCUT2D eigenvalue weighted by atomic mass is 10.1. The van der Waals surface area contributed by atoms with E-state index in [1.807, 2.05) is 0 Å². The maximum atomic E-state index is 8.88. The molecule has 1 atom stereocenters. The van der Waals surface area contributed by atoms with E-state index in [2.05, 4.69) is 25.6 Å². The number of hydrogen-bond donors (Lipinski definition) is 1. The highest BCUT2D eigenvalue weighted by Crippen LogP contribution is 2.06. The highest BCUT2D eigenvalue weighted by Gasteiger charge is 1.99. The quantitative estimate of drug-likeness (QED) is 0.572. The van der Waals surface area contributed by atoms with E-state index >= 15 is 0 Å². The van der Waals surface area contributed by atoms with Gasteiger partial charge >= 0.3 is 0 Å². The van der Waals surface area contributed by atoms with Gasteiger partial charge in [-0.15, -0.1) is 0 Å². The van der Waals surface area contributed by atoms with Gasteiger partial charge in [-0.25, -0.2) is 0 Å². The van der Waals surface area contributed by atoms with Crippen molar-refractivity contribution in [1.82, 2.24) is 0 Å². The van der Waals surface area contributed by atoms with Gasteiger partial charge in [-0.1, -0.05) is 13.8 Å². The van der Waals surface area contributed by atoms with Crippen LogP contribution in [0.15, 0.2) is 4.99 Å². The largest absolute Gasteiger partial charge is 0.372 e. The molecule has 0 rings (SSSR count). The van der Waals surface area contributed by atoms with Gasteiger partial charge in [0.2, 0.25) is 0 Å². The van der Waals surface area contributed by atoms with E-state index in [0.29, 0.717) is 5.92 Å². The molecule has 0 aromatic rings. The fourth-order valence-corrected chi connectivity index (χ4v) is 0.574. The molecular weight excluding hydrogens is 114 g/mol. The molecule has 54 valence electrons. The predicted molar refractivity (Wildman–Crippen MR) is 39.6 cm³/mol. The summed E-state index contributed by atoms with van der Waals surface area (Å²) in [6.45, 7) is 7.48. The van der Waals surface area contributed by atoms with Crippen molar-refractivity contribution >= 4 is 6.72 Å². The summed E-state index contributed by atoms with van der Waals surface area (Å²) < 4.78 is 0. The summed E-state index contributed by atoms with van der Waals surface area (Å²) in [5.74, 6) is 0.640. The Hall–Kier alpha value is -0.370. The van der Waals surface area contributed by atoms with Crippen molar-refractivity contribution in [2.75, 3.05) is 0 Å². The molecular formula is C7H15NO. The first-order valence-corrected chi connectivity index (χ1v) is 3.30. The molecule has 2 nitrogen and oxygen atoms in total. The monoisotopic (exact) mass is 129 g/mol. The fraction of sp³-hybridized carbons (Fsp3) is 0.857. The van der Waals surface area contributed by atoms with E-state index in [-0.39, 0.29) is 0 Å². The van der Waals surface area contributed by atoms with Crippen LogP contribution in [0.1, 0.15) is 26.7 Å². The van der Waals surface area contributed by atoms with Gasteiger partial charge in [-0.3, -0.25) is 4.99 Å². The lowest BCUT2D eigenvalue weighted by Crippen LogP contribution is -2.02. The first kappa shape index (κ1) is 8.63. The third kappa shape index (κ3) is 5.50. The normalized spacial score (nSPS) is 13.8. The summed E-state index contributed by atoms with van der Waals surface area (Å²) >= 11 is 0. The number of aliphatic imine (C=N–C) groups is 1. The molecule has 0 bridgehead atoms. The van der Waals surface area contributed by atoms with Crippen LogP contribution in [0, 0.1) is 5.92 Å². The average Bonchev–Trinajstić information content (AvgIpc) is 1.83. The van der Waals surface area contributed by atoms with E-state index in [1.165, 1.54) is 0 Å². The lowest BCUT2D eigenvalue weighted by molar-refractivity contribution is 0.167. The van der Waals surface area contributed by atoms with Gasteiger partial charge < -0.3 is 5.11 Å². The Balaban J connectivity index is 3.16. The van der Waals surface area contributed by atoms with Crippen LogP contribution >= 0.6 is 0 Å². The van der Waals surface area contributed by atoms with Crippen LogP contribution in [-0.4, -0.2) is 18.1 Å². The van der Waals surface area contributed by atoms with E-state index in [9.17, 15) is 0 Å². The molecule has 0 saturated carbocycles. The molecule has 0 radical (unpaired) electrons. The molecule has 0 aliphatic heterocycles. The van der Waals surface area contributed by atoms with E-state index in [1.54, 1.807) is 0 Å². The molecule has 0 spiro atoms. The first-order valence-electron chi connectivity index (χ1n) is 3.30. The topological polar surface area (TPSA) is 32.6 Å². The van der Waals surface area contributed by atoms with Crippen molar-refractivity contribution in [3.05, 3.63) is 0 Å². The van der Waals surface area contributed by atoms with Gasteiger partial charge in [-0.05, 0) is 25.5 Å². The molecule has 9 heavy (non-hydrogen) atoms. The second-order valence-corrected chi connectivity index (χ2v) is 2.63. The van der Waals surface area contributed by atoms with E-state index in [0.717, 1.165) is 12.8 Å². The maximum Gasteiger partial charge on any atom is 0.144 e. The standard InChI is InChI=1S/C7H15NO/c1-6(2)4-5-7(9)8-3/h6-7,9H,3-5H2,1-2H3. The van der Waals surface area contributed by atoms with Crippen LogP contribution in [0.3, 0.4) is 0 Å². The Labute approximate surface area is 56.6 Å². The van der Waals surface area contributed by atoms with Gasteiger partial charge in [0.15, 0.2) is 0 Å². The molecule has 1 unspecified atom stereocenters. The molecule has 0 amide bonds. The van der Waals surface area contributed by atoms with Crippen molar-refractivity contribution in [3.63, 3.8) is 0 Å². The summed E-state index contributed by atoms with van der Waals surface area (Å²) in [6.07, 6.45) is 1.20. The van der Waals surface area contributed by atoms with Crippen LogP contribution in [-0.2, 0) is 0 Å². The fourth-order valence-electron chi connectivity index (χ4n) is 0.574. The minimum Gasteiger partial charge on any atom is -0.372 e. The smallest absolute Gasteiger partial charge is 0.144 e. The Morgan fingerprint density at radius 2 is 2.00 bits per heavy atom. The average molecular weight is 129 g/mol. The van der Waals surface area contributed by atoms with Gasteiger partial charge in [0.1, 0.15) is 6.23 Å².